The molecule has 0 unspecified atom stereocenters. The standard InChI is InChI=1S/C36H41Cl2FN6O6S/c1-4-51-30-22-29(39)31(52(48,49)41(2)3)21-28(30)35-40-33(24-5-9-26(37)10-6-24)34(25-7-11-27(38)12-8-25)45(35)36(47)44-15-13-42(14-16-44)23-32(46)43-17-19-50-20-18-43/h5-12,21-22,33-34H,4,13-20,23H2,1-3H3/t33-,34+/m0/s1. The summed E-state index contributed by atoms with van der Waals surface area (Å²) in [5.41, 5.74) is 1.60. The number of amidine groups is 1. The maximum absolute atomic E-state index is 15.6. The molecule has 3 aliphatic heterocycles. The Bertz CT molecular complexity index is 1920. The zero-order chi connectivity index (χ0) is 37.2. The molecule has 3 heterocycles. The van der Waals surface area contributed by atoms with E-state index in [0.717, 1.165) is 15.9 Å². The van der Waals surface area contributed by atoms with Crippen molar-refractivity contribution in [2.45, 2.75) is 23.9 Å². The summed E-state index contributed by atoms with van der Waals surface area (Å²) in [5.74, 6) is -0.821. The number of hydrogen-bond acceptors (Lipinski definition) is 8. The van der Waals surface area contributed by atoms with Crippen molar-refractivity contribution in [3.05, 3.63) is 93.2 Å². The minimum absolute atomic E-state index is 0.0221. The molecular formula is C36H41Cl2FN6O6S. The molecule has 2 fully saturated rings. The highest BCUT2D eigenvalue weighted by atomic mass is 35.5. The smallest absolute Gasteiger partial charge is 0.326 e. The Kier molecular flexibility index (Phi) is 11.7. The Morgan fingerprint density at radius 1 is 0.904 bits per heavy atom. The molecule has 3 aliphatic rings. The van der Waals surface area contributed by atoms with Gasteiger partial charge in [0, 0.05) is 69.5 Å². The Morgan fingerprint density at radius 3 is 2.08 bits per heavy atom. The minimum Gasteiger partial charge on any atom is -0.493 e. The lowest BCUT2D eigenvalue weighted by atomic mass is 9.93. The number of sulfonamides is 1. The largest absolute Gasteiger partial charge is 0.493 e. The van der Waals surface area contributed by atoms with Gasteiger partial charge in [-0.3, -0.25) is 19.6 Å². The van der Waals surface area contributed by atoms with Gasteiger partial charge in [0.05, 0.1) is 38.0 Å². The van der Waals surface area contributed by atoms with Gasteiger partial charge in [-0.2, -0.15) is 0 Å². The lowest BCUT2D eigenvalue weighted by Crippen LogP contribution is -2.56. The summed E-state index contributed by atoms with van der Waals surface area (Å²) >= 11 is 12.6. The fourth-order valence-corrected chi connectivity index (χ4v) is 7.80. The van der Waals surface area contributed by atoms with Gasteiger partial charge in [0.25, 0.3) is 0 Å². The minimum atomic E-state index is -4.25. The molecule has 278 valence electrons. The van der Waals surface area contributed by atoms with E-state index in [1.165, 1.54) is 20.2 Å². The van der Waals surface area contributed by atoms with Crippen molar-refractivity contribution in [3.63, 3.8) is 0 Å². The third-order valence-electron chi connectivity index (χ3n) is 9.39. The van der Waals surface area contributed by atoms with Crippen LogP contribution in [0.25, 0.3) is 0 Å². The van der Waals surface area contributed by atoms with Crippen LogP contribution < -0.4 is 4.74 Å². The molecule has 0 radical (unpaired) electrons. The van der Waals surface area contributed by atoms with Gasteiger partial charge in [-0.05, 0) is 48.4 Å². The Morgan fingerprint density at radius 2 is 1.50 bits per heavy atom. The molecule has 0 saturated carbocycles. The Balaban J connectivity index is 1.43. The van der Waals surface area contributed by atoms with Crippen molar-refractivity contribution in [1.82, 2.24) is 23.9 Å². The van der Waals surface area contributed by atoms with Gasteiger partial charge in [0.2, 0.25) is 15.9 Å². The van der Waals surface area contributed by atoms with Crippen LogP contribution in [0.4, 0.5) is 9.18 Å². The number of carbonyl (C=O) groups is 2. The maximum Gasteiger partial charge on any atom is 0.326 e. The zero-order valence-corrected chi connectivity index (χ0v) is 31.5. The van der Waals surface area contributed by atoms with E-state index in [1.807, 2.05) is 29.2 Å². The highest BCUT2D eigenvalue weighted by Crippen LogP contribution is 2.46. The quantitative estimate of drug-likeness (QED) is 0.303. The number of carbonyl (C=O) groups excluding carboxylic acids is 2. The summed E-state index contributed by atoms with van der Waals surface area (Å²) in [4.78, 5) is 39.5. The molecule has 16 heteroatoms. The number of morpholine rings is 1. The van der Waals surface area contributed by atoms with Gasteiger partial charge in [-0.1, -0.05) is 47.5 Å². The van der Waals surface area contributed by atoms with E-state index >= 15 is 4.39 Å². The average Bonchev–Trinajstić information content (AvgIpc) is 3.53. The van der Waals surface area contributed by atoms with Crippen molar-refractivity contribution in [1.29, 1.82) is 0 Å². The summed E-state index contributed by atoms with van der Waals surface area (Å²) in [6, 6.07) is 14.6. The summed E-state index contributed by atoms with van der Waals surface area (Å²) in [6.45, 7) is 5.80. The predicted molar refractivity (Wildman–Crippen MR) is 196 cm³/mol. The predicted octanol–water partition coefficient (Wildman–Crippen LogP) is 4.92. The van der Waals surface area contributed by atoms with Gasteiger partial charge in [-0.15, -0.1) is 0 Å². The molecule has 2 saturated heterocycles. The van der Waals surface area contributed by atoms with Crippen molar-refractivity contribution in [2.75, 3.05) is 79.7 Å². The molecule has 52 heavy (non-hydrogen) atoms. The number of nitrogens with zero attached hydrogens (tertiary/aromatic N) is 6. The molecule has 3 aromatic rings. The molecule has 0 aliphatic carbocycles. The lowest BCUT2D eigenvalue weighted by molar-refractivity contribution is -0.136. The van der Waals surface area contributed by atoms with Crippen LogP contribution in [0.1, 0.15) is 35.7 Å². The number of aliphatic imine (C=N–C) groups is 1. The summed E-state index contributed by atoms with van der Waals surface area (Å²) in [7, 11) is -1.62. The van der Waals surface area contributed by atoms with Crippen molar-refractivity contribution >= 4 is 51.0 Å². The fourth-order valence-electron chi connectivity index (χ4n) is 6.59. The first kappa shape index (κ1) is 38.0. The number of ether oxygens (including phenoxy) is 2. The zero-order valence-electron chi connectivity index (χ0n) is 29.2. The number of piperazine rings is 1. The van der Waals surface area contributed by atoms with Crippen LogP contribution >= 0.6 is 23.2 Å². The number of amides is 3. The summed E-state index contributed by atoms with van der Waals surface area (Å²) < 4.78 is 54.5. The molecule has 3 aromatic carbocycles. The van der Waals surface area contributed by atoms with E-state index in [2.05, 4.69) is 0 Å². The van der Waals surface area contributed by atoms with E-state index in [-0.39, 0.29) is 36.2 Å². The second-order valence-corrected chi connectivity index (χ2v) is 15.8. The SMILES string of the molecule is CCOc1cc(F)c(S(=O)(=O)N(C)C)cc1C1=N[C@@H](c2ccc(Cl)cc2)[C@@H](c2ccc(Cl)cc2)N1C(=O)N1CCN(CC(=O)N2CCOCC2)CC1. The second-order valence-electron chi connectivity index (χ2n) is 12.9. The van der Waals surface area contributed by atoms with Gasteiger partial charge >= 0.3 is 6.03 Å². The van der Waals surface area contributed by atoms with Gasteiger partial charge in [0.1, 0.15) is 28.3 Å². The number of hydrogen-bond donors (Lipinski definition) is 0. The van der Waals surface area contributed by atoms with E-state index in [1.54, 1.807) is 45.9 Å². The normalized spacial score (nSPS) is 20.0. The first-order chi connectivity index (χ1) is 24.9. The van der Waals surface area contributed by atoms with Crippen LogP contribution in [-0.2, 0) is 19.6 Å². The highest BCUT2D eigenvalue weighted by Gasteiger charge is 2.45. The molecule has 3 amide bonds. The van der Waals surface area contributed by atoms with Crippen molar-refractivity contribution in [2.24, 2.45) is 4.99 Å². The average molecular weight is 776 g/mol. The van der Waals surface area contributed by atoms with Crippen LogP contribution in [0.15, 0.2) is 70.6 Å². The van der Waals surface area contributed by atoms with Crippen molar-refractivity contribution in [3.8, 4) is 5.75 Å². The lowest BCUT2D eigenvalue weighted by Gasteiger charge is -2.39. The van der Waals surface area contributed by atoms with Crippen LogP contribution in [-0.4, -0.2) is 130 Å². The molecule has 0 bridgehead atoms. The third-order valence-corrected chi connectivity index (χ3v) is 11.7. The Labute approximate surface area is 313 Å². The first-order valence-corrected chi connectivity index (χ1v) is 19.2. The van der Waals surface area contributed by atoms with Gasteiger partial charge < -0.3 is 19.3 Å². The van der Waals surface area contributed by atoms with E-state index in [9.17, 15) is 18.0 Å². The molecular weight excluding hydrogens is 734 g/mol. The number of rotatable bonds is 9. The Hall–Kier alpha value is -3.79. The molecule has 6 rings (SSSR count). The van der Waals surface area contributed by atoms with Gasteiger partial charge in [0.15, 0.2) is 0 Å². The monoisotopic (exact) mass is 774 g/mol. The fraction of sp³-hybridized carbons (Fsp3) is 0.417. The number of benzene rings is 3. The van der Waals surface area contributed by atoms with E-state index in [4.69, 9.17) is 37.7 Å². The van der Waals surface area contributed by atoms with Crippen molar-refractivity contribution < 1.29 is 31.9 Å². The van der Waals surface area contributed by atoms with E-state index in [0.29, 0.717) is 68.1 Å². The van der Waals surface area contributed by atoms with Crippen LogP contribution in [0, 0.1) is 5.82 Å². The maximum atomic E-state index is 15.6. The topological polar surface area (TPSA) is 115 Å². The van der Waals surface area contributed by atoms with E-state index < -0.39 is 38.9 Å². The van der Waals surface area contributed by atoms with Crippen LogP contribution in [0.3, 0.4) is 0 Å². The first-order valence-electron chi connectivity index (χ1n) is 17.0. The molecule has 12 nitrogen and oxygen atoms in total. The summed E-state index contributed by atoms with van der Waals surface area (Å²) in [5, 5.41) is 1.02. The molecule has 0 spiro atoms. The number of halogens is 3. The van der Waals surface area contributed by atoms with Gasteiger partial charge in [-0.25, -0.2) is 21.9 Å². The van der Waals surface area contributed by atoms with Crippen LogP contribution in [0.5, 0.6) is 5.75 Å². The third kappa shape index (κ3) is 7.92. The van der Waals surface area contributed by atoms with Crippen LogP contribution in [0.2, 0.25) is 10.0 Å². The second kappa shape index (κ2) is 16.1. The number of urea groups is 1. The molecule has 0 N–H and O–H groups in total. The molecule has 0 aromatic heterocycles. The highest BCUT2D eigenvalue weighted by molar-refractivity contribution is 7.89. The summed E-state index contributed by atoms with van der Waals surface area (Å²) in [6.07, 6.45) is 0. The molecule has 2 atom stereocenters.